The highest BCUT2D eigenvalue weighted by molar-refractivity contribution is 6.05. The number of nitrogens with one attached hydrogen (secondary N) is 3. The standard InChI is InChI=1S/C16H19N7O2/c17-4-6-20-16(25)10-2-1-7-23(9-10)22-13-11-3-5-19-15(11)21-8-12(13)14(18)24/h3,5,8,10H,1-2,6-7,9H2,(H2,18,24)(H,20,25)(H2,19,21,22)/t10-/m0/s1. The summed E-state index contributed by atoms with van der Waals surface area (Å²) in [5.74, 6) is -0.918. The minimum atomic E-state index is -0.571. The topological polar surface area (TPSA) is 140 Å². The van der Waals surface area contributed by atoms with E-state index in [0.717, 1.165) is 24.8 Å². The molecule has 5 N–H and O–H groups in total. The van der Waals surface area contributed by atoms with Gasteiger partial charge in [-0.1, -0.05) is 0 Å². The molecule has 0 spiro atoms. The molecule has 0 unspecified atom stereocenters. The van der Waals surface area contributed by atoms with Crippen molar-refractivity contribution in [2.24, 2.45) is 11.7 Å². The van der Waals surface area contributed by atoms with E-state index in [4.69, 9.17) is 11.0 Å². The molecular weight excluding hydrogens is 322 g/mol. The van der Waals surface area contributed by atoms with Crippen LogP contribution >= 0.6 is 0 Å². The Bertz CT molecular complexity index is 839. The fourth-order valence-corrected chi connectivity index (χ4v) is 3.04. The third-order valence-corrected chi connectivity index (χ3v) is 4.26. The van der Waals surface area contributed by atoms with Gasteiger partial charge in [-0.25, -0.2) is 9.99 Å². The van der Waals surface area contributed by atoms with E-state index in [1.54, 1.807) is 6.20 Å². The fourth-order valence-electron chi connectivity index (χ4n) is 3.04. The Morgan fingerprint density at radius 3 is 3.12 bits per heavy atom. The SMILES string of the molecule is N#CCNC(=O)[C@H]1CCCN(Nc2c(C(N)=O)cnc3[nH]ccc23)C1. The number of nitrogens with zero attached hydrogens (tertiary/aromatic N) is 3. The van der Waals surface area contributed by atoms with Gasteiger partial charge < -0.3 is 21.5 Å². The van der Waals surface area contributed by atoms with Crippen LogP contribution in [0.3, 0.4) is 0 Å². The van der Waals surface area contributed by atoms with Gasteiger partial charge >= 0.3 is 0 Å². The number of piperidine rings is 1. The average molecular weight is 341 g/mol. The molecule has 0 bridgehead atoms. The minimum absolute atomic E-state index is 0.00289. The van der Waals surface area contributed by atoms with Crippen LogP contribution in [0.4, 0.5) is 5.69 Å². The molecule has 2 aromatic rings. The molecule has 1 atom stereocenters. The first-order chi connectivity index (χ1) is 12.1. The summed E-state index contributed by atoms with van der Waals surface area (Å²) in [5, 5.41) is 13.8. The number of hydrogen-bond donors (Lipinski definition) is 4. The Morgan fingerprint density at radius 2 is 2.36 bits per heavy atom. The number of carbonyl (C=O) groups excluding carboxylic acids is 2. The summed E-state index contributed by atoms with van der Waals surface area (Å²) in [6, 6.07) is 3.72. The summed E-state index contributed by atoms with van der Waals surface area (Å²) in [5.41, 5.74) is 10.2. The summed E-state index contributed by atoms with van der Waals surface area (Å²) in [7, 11) is 0. The van der Waals surface area contributed by atoms with Crippen LogP contribution in [0.5, 0.6) is 0 Å². The Kier molecular flexibility index (Phi) is 4.81. The van der Waals surface area contributed by atoms with Crippen LogP contribution in [-0.4, -0.2) is 46.4 Å². The van der Waals surface area contributed by atoms with Crippen molar-refractivity contribution in [3.8, 4) is 6.07 Å². The molecule has 2 aromatic heterocycles. The predicted molar refractivity (Wildman–Crippen MR) is 91.2 cm³/mol. The number of primary amides is 1. The molecular formula is C16H19N7O2. The molecule has 9 heteroatoms. The second-order valence-electron chi connectivity index (χ2n) is 5.92. The molecule has 2 amide bonds. The number of pyridine rings is 1. The Hall–Kier alpha value is -3.12. The first-order valence-corrected chi connectivity index (χ1v) is 8.02. The maximum Gasteiger partial charge on any atom is 0.252 e. The van der Waals surface area contributed by atoms with E-state index >= 15 is 0 Å². The van der Waals surface area contributed by atoms with E-state index in [-0.39, 0.29) is 18.4 Å². The highest BCUT2D eigenvalue weighted by Gasteiger charge is 2.27. The fraction of sp³-hybridized carbons (Fsp3) is 0.375. The van der Waals surface area contributed by atoms with Gasteiger partial charge in [-0.15, -0.1) is 0 Å². The quantitative estimate of drug-likeness (QED) is 0.578. The number of rotatable bonds is 5. The summed E-state index contributed by atoms with van der Waals surface area (Å²) in [6.45, 7) is 1.21. The van der Waals surface area contributed by atoms with Crippen LogP contribution in [0, 0.1) is 17.2 Å². The Labute approximate surface area is 144 Å². The molecule has 0 saturated carbocycles. The highest BCUT2D eigenvalue weighted by atomic mass is 16.2. The van der Waals surface area contributed by atoms with Crippen LogP contribution in [0.2, 0.25) is 0 Å². The maximum absolute atomic E-state index is 12.1. The van der Waals surface area contributed by atoms with E-state index in [9.17, 15) is 9.59 Å². The normalized spacial score (nSPS) is 17.8. The monoisotopic (exact) mass is 341 g/mol. The van der Waals surface area contributed by atoms with Gasteiger partial charge in [-0.05, 0) is 18.9 Å². The van der Waals surface area contributed by atoms with Crippen LogP contribution in [-0.2, 0) is 4.79 Å². The van der Waals surface area contributed by atoms with Gasteiger partial charge in [0.05, 0.1) is 23.2 Å². The average Bonchev–Trinajstić information content (AvgIpc) is 3.09. The lowest BCUT2D eigenvalue weighted by atomic mass is 9.98. The number of anilines is 1. The zero-order chi connectivity index (χ0) is 17.8. The zero-order valence-electron chi connectivity index (χ0n) is 13.6. The molecule has 0 radical (unpaired) electrons. The first-order valence-electron chi connectivity index (χ1n) is 8.02. The van der Waals surface area contributed by atoms with E-state index in [1.165, 1.54) is 6.20 Å². The number of hydrazine groups is 1. The third kappa shape index (κ3) is 3.54. The smallest absolute Gasteiger partial charge is 0.252 e. The molecule has 1 fully saturated rings. The number of nitriles is 1. The zero-order valence-corrected chi connectivity index (χ0v) is 13.6. The molecule has 0 aromatic carbocycles. The first kappa shape index (κ1) is 16.7. The van der Waals surface area contributed by atoms with Gasteiger partial charge in [-0.3, -0.25) is 9.59 Å². The molecule has 25 heavy (non-hydrogen) atoms. The van der Waals surface area contributed by atoms with Gasteiger partial charge in [0.2, 0.25) is 5.91 Å². The largest absolute Gasteiger partial charge is 0.365 e. The van der Waals surface area contributed by atoms with E-state index in [1.807, 2.05) is 17.1 Å². The van der Waals surface area contributed by atoms with Gasteiger partial charge in [0.25, 0.3) is 5.91 Å². The van der Waals surface area contributed by atoms with Crippen molar-refractivity contribution >= 4 is 28.5 Å². The Morgan fingerprint density at radius 1 is 1.52 bits per heavy atom. The van der Waals surface area contributed by atoms with Crippen LogP contribution in [0.15, 0.2) is 18.5 Å². The van der Waals surface area contributed by atoms with Crippen molar-refractivity contribution in [1.29, 1.82) is 5.26 Å². The summed E-state index contributed by atoms with van der Waals surface area (Å²) < 4.78 is 0. The lowest BCUT2D eigenvalue weighted by molar-refractivity contribution is -0.126. The van der Waals surface area contributed by atoms with E-state index in [0.29, 0.717) is 23.4 Å². The summed E-state index contributed by atoms with van der Waals surface area (Å²) >= 11 is 0. The van der Waals surface area contributed by atoms with Crippen molar-refractivity contribution in [3.63, 3.8) is 0 Å². The number of nitrogens with two attached hydrogens (primary N) is 1. The van der Waals surface area contributed by atoms with E-state index in [2.05, 4.69) is 20.7 Å². The second-order valence-corrected chi connectivity index (χ2v) is 5.92. The number of H-pyrrole nitrogens is 1. The number of fused-ring (bicyclic) bond motifs is 1. The number of aromatic amines is 1. The van der Waals surface area contributed by atoms with Gasteiger partial charge in [-0.2, -0.15) is 5.26 Å². The van der Waals surface area contributed by atoms with Gasteiger partial charge in [0.1, 0.15) is 12.2 Å². The molecule has 9 nitrogen and oxygen atoms in total. The molecule has 3 rings (SSSR count). The minimum Gasteiger partial charge on any atom is -0.365 e. The number of hydrogen-bond acceptors (Lipinski definition) is 6. The van der Waals surface area contributed by atoms with Gasteiger partial charge in [0, 0.05) is 30.9 Å². The number of aromatic nitrogens is 2. The lowest BCUT2D eigenvalue weighted by Crippen LogP contribution is -2.45. The number of amides is 2. The highest BCUT2D eigenvalue weighted by Crippen LogP contribution is 2.27. The van der Waals surface area contributed by atoms with Crippen molar-refractivity contribution in [2.75, 3.05) is 25.1 Å². The van der Waals surface area contributed by atoms with Crippen molar-refractivity contribution in [1.82, 2.24) is 20.3 Å². The summed E-state index contributed by atoms with van der Waals surface area (Å²) in [6.07, 6.45) is 4.76. The van der Waals surface area contributed by atoms with Crippen LogP contribution < -0.4 is 16.5 Å². The Balaban J connectivity index is 1.80. The maximum atomic E-state index is 12.1. The van der Waals surface area contributed by atoms with E-state index < -0.39 is 5.91 Å². The van der Waals surface area contributed by atoms with Crippen LogP contribution in [0.25, 0.3) is 11.0 Å². The van der Waals surface area contributed by atoms with Crippen molar-refractivity contribution < 1.29 is 9.59 Å². The number of carbonyl (C=O) groups is 2. The van der Waals surface area contributed by atoms with Gasteiger partial charge in [0.15, 0.2) is 0 Å². The molecule has 1 aliphatic rings. The molecule has 1 saturated heterocycles. The second kappa shape index (κ2) is 7.19. The lowest BCUT2D eigenvalue weighted by Gasteiger charge is -2.33. The molecule has 1 aliphatic heterocycles. The van der Waals surface area contributed by atoms with Crippen LogP contribution in [0.1, 0.15) is 23.2 Å². The molecule has 130 valence electrons. The van der Waals surface area contributed by atoms with Crippen molar-refractivity contribution in [2.45, 2.75) is 12.8 Å². The molecule has 0 aliphatic carbocycles. The summed E-state index contributed by atoms with van der Waals surface area (Å²) in [4.78, 5) is 31.0. The molecule has 3 heterocycles. The predicted octanol–water partition coefficient (Wildman–Crippen LogP) is 0.340. The third-order valence-electron chi connectivity index (χ3n) is 4.26. The van der Waals surface area contributed by atoms with Crippen molar-refractivity contribution in [3.05, 3.63) is 24.0 Å².